The molecule has 0 fully saturated rings. The Balaban J connectivity index is 2.44. The van der Waals surface area contributed by atoms with Crippen LogP contribution in [0.15, 0.2) is 28.7 Å². The largest absolute Gasteiger partial charge is 0.502 e. The van der Waals surface area contributed by atoms with Crippen LogP contribution in [0, 0.1) is 0 Å². The van der Waals surface area contributed by atoms with Gasteiger partial charge in [-0.25, -0.2) is 0 Å². The zero-order valence-electron chi connectivity index (χ0n) is 8.82. The van der Waals surface area contributed by atoms with Crippen LogP contribution in [0.3, 0.4) is 0 Å². The molecule has 0 unspecified atom stereocenters. The van der Waals surface area contributed by atoms with Crippen LogP contribution in [0.1, 0.15) is 5.56 Å². The van der Waals surface area contributed by atoms with Gasteiger partial charge in [-0.3, -0.25) is 0 Å². The normalized spacial score (nSPS) is 11.7. The molecule has 0 amide bonds. The third kappa shape index (κ3) is 1.94. The number of anilines is 1. The lowest BCUT2D eigenvalue weighted by molar-refractivity contribution is -0.137. The highest BCUT2D eigenvalue weighted by atomic mass is 19.4. The standard InChI is InChI=1S/C11H8F3NO3/c12-11(13,14)6-3-1-5(2-4-6)9-7(16)8(17)10(15)18-9/h1-4,16-17H,15H2. The van der Waals surface area contributed by atoms with Gasteiger partial charge in [-0.05, 0) is 12.1 Å². The monoisotopic (exact) mass is 259 g/mol. The number of hydrogen-bond acceptors (Lipinski definition) is 4. The molecule has 96 valence electrons. The predicted octanol–water partition coefficient (Wildman–Crippen LogP) is 2.96. The van der Waals surface area contributed by atoms with Crippen molar-refractivity contribution in [3.8, 4) is 22.8 Å². The lowest BCUT2D eigenvalue weighted by Crippen LogP contribution is -2.03. The summed E-state index contributed by atoms with van der Waals surface area (Å²) in [5.74, 6) is -1.82. The van der Waals surface area contributed by atoms with Crippen molar-refractivity contribution in [1.29, 1.82) is 0 Å². The number of alkyl halides is 3. The van der Waals surface area contributed by atoms with Gasteiger partial charge < -0.3 is 20.4 Å². The SMILES string of the molecule is Nc1oc(-c2ccc(C(F)(F)F)cc2)c(O)c1O. The van der Waals surface area contributed by atoms with Crippen LogP contribution >= 0.6 is 0 Å². The fourth-order valence-corrected chi connectivity index (χ4v) is 1.44. The molecule has 0 aliphatic heterocycles. The fourth-order valence-electron chi connectivity index (χ4n) is 1.44. The zero-order valence-corrected chi connectivity index (χ0v) is 8.82. The van der Waals surface area contributed by atoms with Gasteiger partial charge in [-0.2, -0.15) is 13.2 Å². The molecule has 7 heteroatoms. The summed E-state index contributed by atoms with van der Waals surface area (Å²) < 4.78 is 41.9. The Hall–Kier alpha value is -2.31. The summed E-state index contributed by atoms with van der Waals surface area (Å²) >= 11 is 0. The molecule has 0 saturated heterocycles. The number of hydrogen-bond donors (Lipinski definition) is 3. The third-order valence-corrected chi connectivity index (χ3v) is 2.36. The summed E-state index contributed by atoms with van der Waals surface area (Å²) in [7, 11) is 0. The van der Waals surface area contributed by atoms with Gasteiger partial charge in [-0.1, -0.05) is 12.1 Å². The van der Waals surface area contributed by atoms with Crippen LogP contribution in [0.4, 0.5) is 19.1 Å². The highest BCUT2D eigenvalue weighted by molar-refractivity contribution is 5.72. The molecule has 0 aliphatic rings. The van der Waals surface area contributed by atoms with Gasteiger partial charge in [0, 0.05) is 5.56 Å². The molecule has 0 radical (unpaired) electrons. The Morgan fingerprint density at radius 2 is 1.56 bits per heavy atom. The van der Waals surface area contributed by atoms with Gasteiger partial charge in [0.1, 0.15) is 0 Å². The Kier molecular flexibility index (Phi) is 2.61. The first kappa shape index (κ1) is 12.2. The smallest absolute Gasteiger partial charge is 0.416 e. The molecule has 1 aromatic carbocycles. The maximum Gasteiger partial charge on any atom is 0.416 e. The van der Waals surface area contributed by atoms with Gasteiger partial charge in [0.05, 0.1) is 5.56 Å². The van der Waals surface area contributed by atoms with Crippen molar-refractivity contribution in [2.24, 2.45) is 0 Å². The predicted molar refractivity (Wildman–Crippen MR) is 56.9 cm³/mol. The van der Waals surface area contributed by atoms with Crippen LogP contribution in [-0.2, 0) is 6.18 Å². The van der Waals surface area contributed by atoms with Gasteiger partial charge in [0.25, 0.3) is 0 Å². The Bertz CT molecular complexity index is 572. The second kappa shape index (κ2) is 3.86. The number of halogens is 3. The molecule has 4 nitrogen and oxygen atoms in total. The highest BCUT2D eigenvalue weighted by Gasteiger charge is 2.30. The van der Waals surface area contributed by atoms with E-state index in [4.69, 9.17) is 10.2 Å². The molecule has 1 aromatic heterocycles. The van der Waals surface area contributed by atoms with Crippen LogP contribution in [0.5, 0.6) is 11.5 Å². The second-order valence-corrected chi connectivity index (χ2v) is 3.57. The van der Waals surface area contributed by atoms with Gasteiger partial charge in [0.2, 0.25) is 17.4 Å². The quantitative estimate of drug-likeness (QED) is 0.735. The first-order valence-electron chi connectivity index (χ1n) is 4.78. The molecular formula is C11H8F3NO3. The lowest BCUT2D eigenvalue weighted by atomic mass is 10.1. The molecular weight excluding hydrogens is 251 g/mol. The number of nitrogens with two attached hydrogens (primary N) is 1. The minimum absolute atomic E-state index is 0.174. The van der Waals surface area contributed by atoms with E-state index in [1.165, 1.54) is 0 Å². The first-order valence-corrected chi connectivity index (χ1v) is 4.78. The van der Waals surface area contributed by atoms with Crippen molar-refractivity contribution in [3.63, 3.8) is 0 Å². The van der Waals surface area contributed by atoms with E-state index >= 15 is 0 Å². The average Bonchev–Trinajstić information content (AvgIpc) is 2.56. The summed E-state index contributed by atoms with van der Waals surface area (Å²) in [4.78, 5) is 0. The molecule has 0 spiro atoms. The fraction of sp³-hybridized carbons (Fsp3) is 0.0909. The number of nitrogen functional groups attached to an aromatic ring is 1. The van der Waals surface area contributed by atoms with Crippen molar-refractivity contribution in [2.45, 2.75) is 6.18 Å². The molecule has 4 N–H and O–H groups in total. The van der Waals surface area contributed by atoms with E-state index in [0.717, 1.165) is 24.3 Å². The minimum Gasteiger partial charge on any atom is -0.502 e. The number of furan rings is 1. The molecule has 18 heavy (non-hydrogen) atoms. The van der Waals surface area contributed by atoms with E-state index < -0.39 is 29.1 Å². The number of aromatic hydroxyl groups is 2. The summed E-state index contributed by atoms with van der Waals surface area (Å²) in [6.07, 6.45) is -4.44. The van der Waals surface area contributed by atoms with Crippen LogP contribution in [0.25, 0.3) is 11.3 Å². The number of rotatable bonds is 1. The summed E-state index contributed by atoms with van der Waals surface area (Å²) in [6.45, 7) is 0. The van der Waals surface area contributed by atoms with Crippen molar-refractivity contribution < 1.29 is 27.8 Å². The van der Waals surface area contributed by atoms with Crippen LogP contribution < -0.4 is 5.73 Å². The molecule has 2 aromatic rings. The van der Waals surface area contributed by atoms with E-state index in [1.807, 2.05) is 0 Å². The van der Waals surface area contributed by atoms with E-state index in [1.54, 1.807) is 0 Å². The highest BCUT2D eigenvalue weighted by Crippen LogP contribution is 2.44. The maximum absolute atomic E-state index is 12.3. The Labute approximate surface area is 99.1 Å². The zero-order chi connectivity index (χ0) is 13.5. The van der Waals surface area contributed by atoms with Gasteiger partial charge in [-0.15, -0.1) is 0 Å². The number of benzene rings is 1. The van der Waals surface area contributed by atoms with Crippen LogP contribution in [-0.4, -0.2) is 10.2 Å². The molecule has 0 saturated carbocycles. The van der Waals surface area contributed by atoms with E-state index in [9.17, 15) is 23.4 Å². The van der Waals surface area contributed by atoms with Gasteiger partial charge in [0.15, 0.2) is 5.76 Å². The second-order valence-electron chi connectivity index (χ2n) is 3.57. The molecule has 0 atom stereocenters. The van der Waals surface area contributed by atoms with Crippen molar-refractivity contribution in [2.75, 3.05) is 5.73 Å². The van der Waals surface area contributed by atoms with E-state index in [-0.39, 0.29) is 11.3 Å². The van der Waals surface area contributed by atoms with Crippen molar-refractivity contribution in [1.82, 2.24) is 0 Å². The van der Waals surface area contributed by atoms with E-state index in [0.29, 0.717) is 0 Å². The molecule has 2 rings (SSSR count). The maximum atomic E-state index is 12.3. The molecule has 1 heterocycles. The average molecular weight is 259 g/mol. The minimum atomic E-state index is -4.44. The third-order valence-electron chi connectivity index (χ3n) is 2.36. The Morgan fingerprint density at radius 1 is 1.00 bits per heavy atom. The summed E-state index contributed by atoms with van der Waals surface area (Å²) in [5, 5.41) is 18.7. The summed E-state index contributed by atoms with van der Waals surface area (Å²) in [5.41, 5.74) is 4.57. The van der Waals surface area contributed by atoms with Gasteiger partial charge >= 0.3 is 6.18 Å². The topological polar surface area (TPSA) is 79.6 Å². The van der Waals surface area contributed by atoms with E-state index in [2.05, 4.69) is 0 Å². The molecule has 0 bridgehead atoms. The van der Waals surface area contributed by atoms with Crippen molar-refractivity contribution >= 4 is 5.88 Å². The summed E-state index contributed by atoms with van der Waals surface area (Å²) in [6, 6.07) is 3.90. The molecule has 0 aliphatic carbocycles. The first-order chi connectivity index (χ1) is 8.30. The van der Waals surface area contributed by atoms with Crippen molar-refractivity contribution in [3.05, 3.63) is 29.8 Å². The Morgan fingerprint density at radius 3 is 1.94 bits per heavy atom. The van der Waals surface area contributed by atoms with Crippen LogP contribution in [0.2, 0.25) is 0 Å². The lowest BCUT2D eigenvalue weighted by Gasteiger charge is -2.06.